The van der Waals surface area contributed by atoms with E-state index in [1.54, 1.807) is 18.3 Å². The molecule has 0 fully saturated rings. The lowest BCUT2D eigenvalue weighted by atomic mass is 10.1. The first-order chi connectivity index (χ1) is 12.2. The van der Waals surface area contributed by atoms with Crippen molar-refractivity contribution in [3.63, 3.8) is 0 Å². The van der Waals surface area contributed by atoms with Crippen molar-refractivity contribution in [2.75, 3.05) is 12.4 Å². The molecule has 144 valence electrons. The molecule has 0 aliphatic carbocycles. The highest BCUT2D eigenvalue weighted by Crippen LogP contribution is 2.22. The normalized spacial score (nSPS) is 10.9. The molecule has 0 aliphatic rings. The summed E-state index contributed by atoms with van der Waals surface area (Å²) in [6.07, 6.45) is 1.99. The summed E-state index contributed by atoms with van der Waals surface area (Å²) >= 11 is 0. The number of amides is 1. The maximum absolute atomic E-state index is 11.2. The number of aromatic nitrogens is 2. The van der Waals surface area contributed by atoms with Crippen molar-refractivity contribution in [2.24, 2.45) is 5.73 Å². The molecule has 1 aromatic heterocycles. The number of imidazole rings is 1. The number of benzene rings is 2. The second kappa shape index (κ2) is 10.6. The molecule has 0 saturated heterocycles. The van der Waals surface area contributed by atoms with Gasteiger partial charge in [-0.05, 0) is 29.7 Å². The number of nitrogens with two attached hydrogens (primary N) is 1. The van der Waals surface area contributed by atoms with Crippen molar-refractivity contribution in [1.29, 1.82) is 0 Å². The first kappa shape index (κ1) is 22.5. The molecule has 3 aromatic rings. The Morgan fingerprint density at radius 1 is 1.15 bits per heavy atom. The quantitative estimate of drug-likeness (QED) is 0.585. The highest BCUT2D eigenvalue weighted by atomic mass is 35.5. The molecule has 8 heteroatoms. The molecule has 0 unspecified atom stereocenters. The van der Waals surface area contributed by atoms with Crippen LogP contribution in [0.2, 0.25) is 0 Å². The van der Waals surface area contributed by atoms with Crippen molar-refractivity contribution in [2.45, 2.75) is 12.5 Å². The molecule has 0 bridgehead atoms. The van der Waals surface area contributed by atoms with Crippen LogP contribution in [-0.2, 0) is 11.2 Å². The number of H-pyrrole nitrogens is 1. The van der Waals surface area contributed by atoms with Gasteiger partial charge in [-0.15, -0.1) is 24.8 Å². The fraction of sp³-hybridized carbons (Fsp3) is 0.158. The number of nitrogens with zero attached hydrogens (tertiary/aromatic N) is 1. The number of nitrogens with one attached hydrogen (secondary N) is 2. The predicted octanol–water partition coefficient (Wildman–Crippen LogP) is 4.34. The van der Waals surface area contributed by atoms with Gasteiger partial charge in [0.25, 0.3) is 0 Å². The number of halogens is 2. The molecular weight excluding hydrogens is 387 g/mol. The van der Waals surface area contributed by atoms with Gasteiger partial charge in [0.05, 0.1) is 25.0 Å². The minimum absolute atomic E-state index is 0. The van der Waals surface area contributed by atoms with E-state index in [4.69, 9.17) is 5.73 Å². The zero-order valence-electron chi connectivity index (χ0n) is 14.7. The summed E-state index contributed by atoms with van der Waals surface area (Å²) in [6.45, 7) is 0. The highest BCUT2D eigenvalue weighted by Gasteiger charge is 2.12. The summed E-state index contributed by atoms with van der Waals surface area (Å²) < 4.78 is 4.57. The van der Waals surface area contributed by atoms with E-state index in [0.717, 1.165) is 23.5 Å². The van der Waals surface area contributed by atoms with E-state index < -0.39 is 6.09 Å². The number of carbonyl (C=O) groups is 1. The lowest BCUT2D eigenvalue weighted by Gasteiger charge is -2.09. The summed E-state index contributed by atoms with van der Waals surface area (Å²) in [5, 5.41) is 2.61. The lowest BCUT2D eigenvalue weighted by molar-refractivity contribution is 0.187. The van der Waals surface area contributed by atoms with E-state index in [9.17, 15) is 4.79 Å². The van der Waals surface area contributed by atoms with Gasteiger partial charge in [-0.3, -0.25) is 5.32 Å². The van der Waals surface area contributed by atoms with Crippen molar-refractivity contribution in [1.82, 2.24) is 9.97 Å². The van der Waals surface area contributed by atoms with Crippen molar-refractivity contribution in [3.05, 3.63) is 72.2 Å². The van der Waals surface area contributed by atoms with Gasteiger partial charge in [-0.2, -0.15) is 0 Å². The number of carbonyl (C=O) groups excluding carboxylic acids is 1. The topological polar surface area (TPSA) is 93.0 Å². The van der Waals surface area contributed by atoms with Gasteiger partial charge >= 0.3 is 6.09 Å². The van der Waals surface area contributed by atoms with Crippen LogP contribution in [0.1, 0.15) is 17.4 Å². The van der Waals surface area contributed by atoms with Gasteiger partial charge in [0, 0.05) is 5.69 Å². The first-order valence-corrected chi connectivity index (χ1v) is 7.95. The second-order valence-corrected chi connectivity index (χ2v) is 5.67. The Morgan fingerprint density at radius 3 is 2.44 bits per heavy atom. The smallest absolute Gasteiger partial charge is 0.411 e. The van der Waals surface area contributed by atoms with Crippen LogP contribution in [0.3, 0.4) is 0 Å². The molecule has 0 saturated carbocycles. The molecule has 1 heterocycles. The zero-order chi connectivity index (χ0) is 17.6. The Labute approximate surface area is 170 Å². The number of rotatable bonds is 5. The van der Waals surface area contributed by atoms with E-state index in [2.05, 4.69) is 32.2 Å². The second-order valence-electron chi connectivity index (χ2n) is 5.67. The van der Waals surface area contributed by atoms with Crippen LogP contribution in [0, 0.1) is 0 Å². The average molecular weight is 409 g/mol. The van der Waals surface area contributed by atoms with Gasteiger partial charge in [0.1, 0.15) is 5.82 Å². The third kappa shape index (κ3) is 5.99. The highest BCUT2D eigenvalue weighted by molar-refractivity contribution is 5.86. The van der Waals surface area contributed by atoms with E-state index in [-0.39, 0.29) is 30.9 Å². The molecule has 0 aliphatic heterocycles. The predicted molar refractivity (Wildman–Crippen MR) is 112 cm³/mol. The van der Waals surface area contributed by atoms with Crippen LogP contribution in [0.5, 0.6) is 0 Å². The van der Waals surface area contributed by atoms with Gasteiger partial charge < -0.3 is 15.5 Å². The zero-order valence-corrected chi connectivity index (χ0v) is 16.3. The van der Waals surface area contributed by atoms with Gasteiger partial charge in [-0.25, -0.2) is 9.78 Å². The van der Waals surface area contributed by atoms with Crippen LogP contribution in [0.15, 0.2) is 60.8 Å². The molecular formula is C19H22Cl2N4O2. The van der Waals surface area contributed by atoms with Gasteiger partial charge in [0.2, 0.25) is 0 Å². The summed E-state index contributed by atoms with van der Waals surface area (Å²) in [5.41, 5.74) is 9.93. The van der Waals surface area contributed by atoms with Gasteiger partial charge in [0.15, 0.2) is 0 Å². The van der Waals surface area contributed by atoms with E-state index in [1.165, 1.54) is 12.7 Å². The Bertz CT molecular complexity index is 838. The monoisotopic (exact) mass is 408 g/mol. The molecule has 6 nitrogen and oxygen atoms in total. The molecule has 1 amide bonds. The largest absolute Gasteiger partial charge is 0.453 e. The fourth-order valence-electron chi connectivity index (χ4n) is 2.54. The van der Waals surface area contributed by atoms with Crippen LogP contribution in [0.25, 0.3) is 11.3 Å². The van der Waals surface area contributed by atoms with Crippen LogP contribution >= 0.6 is 24.8 Å². The Balaban J connectivity index is 0.00000182. The van der Waals surface area contributed by atoms with Crippen LogP contribution < -0.4 is 11.1 Å². The lowest BCUT2D eigenvalue weighted by Crippen LogP contribution is -2.14. The fourth-order valence-corrected chi connectivity index (χ4v) is 2.54. The SMILES string of the molecule is COC(=O)Nc1ccc(-c2cnc([C@@H](N)Cc3ccccc3)[nH]2)cc1.Cl.Cl. The molecule has 3 rings (SSSR count). The maximum Gasteiger partial charge on any atom is 0.411 e. The Kier molecular flexibility index (Phi) is 8.81. The van der Waals surface area contributed by atoms with Crippen molar-refractivity contribution < 1.29 is 9.53 Å². The molecule has 0 spiro atoms. The molecule has 4 N–H and O–H groups in total. The number of methoxy groups -OCH3 is 1. The number of aromatic amines is 1. The third-order valence-corrected chi connectivity index (χ3v) is 3.87. The molecule has 27 heavy (non-hydrogen) atoms. The van der Waals surface area contributed by atoms with Crippen molar-refractivity contribution >= 4 is 36.6 Å². The van der Waals surface area contributed by atoms with E-state index in [0.29, 0.717) is 5.69 Å². The van der Waals surface area contributed by atoms with Crippen molar-refractivity contribution in [3.8, 4) is 11.3 Å². The summed E-state index contributed by atoms with van der Waals surface area (Å²) in [4.78, 5) is 18.9. The summed E-state index contributed by atoms with van der Waals surface area (Å²) in [5.74, 6) is 0.746. The molecule has 0 radical (unpaired) electrons. The Hall–Kier alpha value is -2.54. The summed E-state index contributed by atoms with van der Waals surface area (Å²) in [7, 11) is 1.33. The number of anilines is 1. The number of hydrogen-bond acceptors (Lipinski definition) is 4. The molecule has 1 atom stereocenters. The van der Waals surface area contributed by atoms with E-state index in [1.807, 2.05) is 30.3 Å². The maximum atomic E-state index is 11.2. The molecule has 2 aromatic carbocycles. The van der Waals surface area contributed by atoms with Crippen LogP contribution in [0.4, 0.5) is 10.5 Å². The van der Waals surface area contributed by atoms with Gasteiger partial charge in [-0.1, -0.05) is 42.5 Å². The third-order valence-electron chi connectivity index (χ3n) is 3.87. The first-order valence-electron chi connectivity index (χ1n) is 7.95. The minimum Gasteiger partial charge on any atom is -0.453 e. The average Bonchev–Trinajstić information content (AvgIpc) is 3.13. The summed E-state index contributed by atoms with van der Waals surface area (Å²) in [6, 6.07) is 17.3. The standard InChI is InChI=1S/C19H20N4O2.2ClH/c1-25-19(24)22-15-9-7-14(8-10-15)17-12-21-18(23-17)16(20)11-13-5-3-2-4-6-13;;/h2-10,12,16H,11,20H2,1H3,(H,21,23)(H,22,24);2*1H/t16-;;/m0../s1. The van der Waals surface area contributed by atoms with Crippen LogP contribution in [-0.4, -0.2) is 23.2 Å². The number of ether oxygens (including phenoxy) is 1. The van der Waals surface area contributed by atoms with E-state index >= 15 is 0 Å². The Morgan fingerprint density at radius 2 is 1.81 bits per heavy atom. The minimum atomic E-state index is -0.497. The number of hydrogen-bond donors (Lipinski definition) is 3.